The maximum atomic E-state index is 13.2. The molecule has 1 amide bonds. The Hall–Kier alpha value is -3.89. The van der Waals surface area contributed by atoms with E-state index >= 15 is 0 Å². The minimum atomic E-state index is -4.57. The molecule has 2 N–H and O–H groups in total. The van der Waals surface area contributed by atoms with Crippen molar-refractivity contribution in [2.45, 2.75) is 12.2 Å². The number of benzene rings is 1. The van der Waals surface area contributed by atoms with Gasteiger partial charge >= 0.3 is 6.18 Å². The van der Waals surface area contributed by atoms with Crippen molar-refractivity contribution in [3.63, 3.8) is 0 Å². The average molecular weight is 428 g/mol. The molecule has 1 atom stereocenters. The Morgan fingerprint density at radius 3 is 2.81 bits per heavy atom. The highest BCUT2D eigenvalue weighted by Gasteiger charge is 2.37. The van der Waals surface area contributed by atoms with E-state index < -0.39 is 17.9 Å². The van der Waals surface area contributed by atoms with Crippen molar-refractivity contribution in [2.75, 3.05) is 19.4 Å². The molecule has 3 aromatic heterocycles. The van der Waals surface area contributed by atoms with Crippen molar-refractivity contribution >= 4 is 28.3 Å². The van der Waals surface area contributed by atoms with E-state index in [0.29, 0.717) is 33.5 Å². The van der Waals surface area contributed by atoms with E-state index in [1.165, 1.54) is 11.0 Å². The zero-order valence-electron chi connectivity index (χ0n) is 16.1. The fourth-order valence-corrected chi connectivity index (χ4v) is 3.70. The van der Waals surface area contributed by atoms with Crippen LogP contribution >= 0.6 is 0 Å². The van der Waals surface area contributed by atoms with E-state index in [1.807, 2.05) is 0 Å². The SMILES string of the molecule is CN(C(=O)c1ccc2nc(N)c3cncn3c2c1)[C@H]1COc2nc(C(F)(F)F)ccc21. The van der Waals surface area contributed by atoms with Gasteiger partial charge in [-0.15, -0.1) is 0 Å². The van der Waals surface area contributed by atoms with E-state index in [-0.39, 0.29) is 18.4 Å². The minimum Gasteiger partial charge on any atom is -0.475 e. The Labute approximate surface area is 173 Å². The number of halogens is 3. The van der Waals surface area contributed by atoms with Crippen LogP contribution in [-0.2, 0) is 6.18 Å². The fraction of sp³-hybridized carbons (Fsp3) is 0.200. The number of carbonyl (C=O) groups is 1. The summed E-state index contributed by atoms with van der Waals surface area (Å²) in [6.07, 6.45) is -1.41. The molecule has 1 aliphatic rings. The predicted molar refractivity (Wildman–Crippen MR) is 104 cm³/mol. The molecule has 31 heavy (non-hydrogen) atoms. The molecule has 1 aromatic carbocycles. The molecule has 0 saturated heterocycles. The van der Waals surface area contributed by atoms with Crippen molar-refractivity contribution < 1.29 is 22.7 Å². The number of alkyl halides is 3. The number of anilines is 1. The summed E-state index contributed by atoms with van der Waals surface area (Å²) < 4.78 is 45.8. The summed E-state index contributed by atoms with van der Waals surface area (Å²) in [7, 11) is 1.57. The van der Waals surface area contributed by atoms with Crippen LogP contribution in [0.4, 0.5) is 19.0 Å². The van der Waals surface area contributed by atoms with Gasteiger partial charge in [0.2, 0.25) is 5.88 Å². The number of ether oxygens (including phenoxy) is 1. The quantitative estimate of drug-likeness (QED) is 0.527. The van der Waals surface area contributed by atoms with Gasteiger partial charge in [0, 0.05) is 18.2 Å². The second-order valence-corrected chi connectivity index (χ2v) is 7.18. The molecule has 0 aliphatic carbocycles. The largest absolute Gasteiger partial charge is 0.475 e. The first-order valence-electron chi connectivity index (χ1n) is 9.23. The number of nitrogens with zero attached hydrogens (tertiary/aromatic N) is 5. The van der Waals surface area contributed by atoms with Crippen LogP contribution in [-0.4, -0.2) is 43.8 Å². The van der Waals surface area contributed by atoms with Gasteiger partial charge in [0.1, 0.15) is 23.6 Å². The lowest BCUT2D eigenvalue weighted by Crippen LogP contribution is -2.32. The zero-order chi connectivity index (χ0) is 21.9. The van der Waals surface area contributed by atoms with Gasteiger partial charge in [-0.05, 0) is 30.3 Å². The molecule has 1 aliphatic heterocycles. The van der Waals surface area contributed by atoms with Crippen LogP contribution in [0, 0.1) is 0 Å². The van der Waals surface area contributed by atoms with Crippen molar-refractivity contribution in [1.82, 2.24) is 24.3 Å². The second-order valence-electron chi connectivity index (χ2n) is 7.18. The minimum absolute atomic E-state index is 0.0172. The number of imidazole rings is 1. The Morgan fingerprint density at radius 2 is 2.03 bits per heavy atom. The molecule has 0 spiro atoms. The normalized spacial score (nSPS) is 15.8. The molecule has 0 radical (unpaired) electrons. The van der Waals surface area contributed by atoms with Crippen molar-refractivity contribution in [1.29, 1.82) is 0 Å². The smallest absolute Gasteiger partial charge is 0.433 e. The van der Waals surface area contributed by atoms with Crippen LogP contribution in [0.5, 0.6) is 5.88 Å². The number of rotatable bonds is 2. The molecule has 0 bridgehead atoms. The lowest BCUT2D eigenvalue weighted by molar-refractivity contribution is -0.141. The molecule has 0 unspecified atom stereocenters. The van der Waals surface area contributed by atoms with Crippen LogP contribution in [0.3, 0.4) is 0 Å². The van der Waals surface area contributed by atoms with Crippen LogP contribution in [0.1, 0.15) is 27.7 Å². The maximum absolute atomic E-state index is 13.2. The number of pyridine rings is 1. The Morgan fingerprint density at radius 1 is 1.23 bits per heavy atom. The van der Waals surface area contributed by atoms with Gasteiger partial charge in [-0.3, -0.25) is 9.20 Å². The summed E-state index contributed by atoms with van der Waals surface area (Å²) in [6, 6.07) is 6.61. The molecule has 4 aromatic rings. The molecule has 4 heterocycles. The molecule has 5 rings (SSSR count). The zero-order valence-corrected chi connectivity index (χ0v) is 16.1. The van der Waals surface area contributed by atoms with E-state index in [1.54, 1.807) is 42.2 Å². The monoisotopic (exact) mass is 428 g/mol. The van der Waals surface area contributed by atoms with Crippen LogP contribution in [0.25, 0.3) is 16.6 Å². The average Bonchev–Trinajstić information content (AvgIpc) is 3.39. The predicted octanol–water partition coefficient (Wildman–Crippen LogP) is 3.08. The van der Waals surface area contributed by atoms with Crippen molar-refractivity contribution in [3.05, 3.63) is 59.7 Å². The van der Waals surface area contributed by atoms with E-state index in [0.717, 1.165) is 6.07 Å². The summed E-state index contributed by atoms with van der Waals surface area (Å²) in [5, 5.41) is 0. The molecule has 0 fully saturated rings. The number of likely N-dealkylation sites (N-methyl/N-ethyl adjacent to an activating group) is 1. The molecule has 11 heteroatoms. The summed E-state index contributed by atoms with van der Waals surface area (Å²) in [5.74, 6) is -0.113. The first kappa shape index (κ1) is 19.1. The van der Waals surface area contributed by atoms with Gasteiger partial charge in [0.05, 0.1) is 29.6 Å². The van der Waals surface area contributed by atoms with Crippen LogP contribution < -0.4 is 10.5 Å². The van der Waals surface area contributed by atoms with Crippen molar-refractivity contribution in [3.8, 4) is 5.88 Å². The van der Waals surface area contributed by atoms with Gasteiger partial charge < -0.3 is 15.4 Å². The second kappa shape index (κ2) is 6.56. The van der Waals surface area contributed by atoms with Gasteiger partial charge in [0.15, 0.2) is 0 Å². The molecule has 8 nitrogen and oxygen atoms in total. The first-order chi connectivity index (χ1) is 14.7. The van der Waals surface area contributed by atoms with Crippen molar-refractivity contribution in [2.24, 2.45) is 0 Å². The summed E-state index contributed by atoms with van der Waals surface area (Å²) in [4.78, 5) is 26.5. The summed E-state index contributed by atoms with van der Waals surface area (Å²) in [5.41, 5.74) is 7.58. The lowest BCUT2D eigenvalue weighted by atomic mass is 10.1. The number of nitrogen functional groups attached to an aromatic ring is 1. The highest BCUT2D eigenvalue weighted by Crippen LogP contribution is 2.38. The Bertz CT molecular complexity index is 1350. The summed E-state index contributed by atoms with van der Waals surface area (Å²) in [6.45, 7) is 0.0172. The fourth-order valence-electron chi connectivity index (χ4n) is 3.70. The third kappa shape index (κ3) is 3.00. The standard InChI is InChI=1S/C20H15F3N6O2/c1-28(15-8-31-18-11(15)3-5-16(27-18)20(21,22)23)19(30)10-2-4-12-13(6-10)29-9-25-7-14(29)17(24)26-12/h2-7,9,15H,8H2,1H3,(H2,24,26)/t15-/m0/s1. The number of amides is 1. The third-order valence-electron chi connectivity index (χ3n) is 5.33. The van der Waals surface area contributed by atoms with Gasteiger partial charge in [-0.2, -0.15) is 13.2 Å². The van der Waals surface area contributed by atoms with Gasteiger partial charge in [-0.25, -0.2) is 15.0 Å². The number of hydrogen-bond donors (Lipinski definition) is 1. The highest BCUT2D eigenvalue weighted by atomic mass is 19.4. The topological polar surface area (TPSA) is 98.6 Å². The lowest BCUT2D eigenvalue weighted by Gasteiger charge is -2.23. The number of carbonyl (C=O) groups excluding carboxylic acids is 1. The van der Waals surface area contributed by atoms with E-state index in [2.05, 4.69) is 15.0 Å². The molecular formula is C20H15F3N6O2. The molecular weight excluding hydrogens is 413 g/mol. The number of hydrogen-bond acceptors (Lipinski definition) is 6. The van der Waals surface area contributed by atoms with Crippen LogP contribution in [0.2, 0.25) is 0 Å². The highest BCUT2D eigenvalue weighted by molar-refractivity contribution is 5.98. The van der Waals surface area contributed by atoms with E-state index in [9.17, 15) is 18.0 Å². The Kier molecular flexibility index (Phi) is 4.04. The maximum Gasteiger partial charge on any atom is 0.433 e. The molecule has 0 saturated carbocycles. The van der Waals surface area contributed by atoms with Gasteiger partial charge in [-0.1, -0.05) is 0 Å². The number of aromatic nitrogens is 4. The number of fused-ring (bicyclic) bond motifs is 4. The Balaban J connectivity index is 1.49. The van der Waals surface area contributed by atoms with Gasteiger partial charge in [0.25, 0.3) is 5.91 Å². The van der Waals surface area contributed by atoms with Crippen LogP contribution in [0.15, 0.2) is 42.9 Å². The molecule has 158 valence electrons. The van der Waals surface area contributed by atoms with E-state index in [4.69, 9.17) is 10.5 Å². The third-order valence-corrected chi connectivity index (χ3v) is 5.33. The summed E-state index contributed by atoms with van der Waals surface area (Å²) >= 11 is 0. The number of nitrogens with two attached hydrogens (primary N) is 1. The first-order valence-corrected chi connectivity index (χ1v) is 9.23.